The molecule has 1 N–H and O–H groups in total. The van der Waals surface area contributed by atoms with E-state index in [0.717, 1.165) is 28.9 Å². The molecule has 0 radical (unpaired) electrons. The Labute approximate surface area is 200 Å². The van der Waals surface area contributed by atoms with E-state index in [0.29, 0.717) is 27.5 Å². The van der Waals surface area contributed by atoms with E-state index in [4.69, 9.17) is 0 Å². The van der Waals surface area contributed by atoms with Gasteiger partial charge in [0.05, 0.1) is 16.6 Å². The van der Waals surface area contributed by atoms with Crippen LogP contribution >= 0.6 is 0 Å². The number of nitrogens with zero attached hydrogens (tertiary/aromatic N) is 3. The van der Waals surface area contributed by atoms with Gasteiger partial charge in [-0.25, -0.2) is 4.39 Å². The van der Waals surface area contributed by atoms with E-state index in [1.807, 2.05) is 0 Å². The van der Waals surface area contributed by atoms with Crippen LogP contribution in [0, 0.1) is 12.7 Å². The lowest BCUT2D eigenvalue weighted by Crippen LogP contribution is -2.22. The fraction of sp³-hybridized carbons (Fsp3) is 0.115. The minimum absolute atomic E-state index is 0.109. The van der Waals surface area contributed by atoms with Crippen LogP contribution in [0.2, 0.25) is 0 Å². The van der Waals surface area contributed by atoms with Crippen molar-refractivity contribution in [3.05, 3.63) is 94.2 Å². The van der Waals surface area contributed by atoms with Crippen LogP contribution in [0.5, 0.6) is 0 Å². The summed E-state index contributed by atoms with van der Waals surface area (Å²) in [6.07, 6.45) is -4.54. The fourth-order valence-corrected chi connectivity index (χ4v) is 4.43. The van der Waals surface area contributed by atoms with E-state index < -0.39 is 29.1 Å². The van der Waals surface area contributed by atoms with Crippen molar-refractivity contribution in [2.24, 2.45) is 0 Å². The van der Waals surface area contributed by atoms with Crippen molar-refractivity contribution >= 4 is 27.6 Å². The van der Waals surface area contributed by atoms with Crippen molar-refractivity contribution in [2.75, 3.05) is 0 Å². The highest BCUT2D eigenvalue weighted by Gasteiger charge is 2.30. The Morgan fingerprint density at radius 3 is 2.28 bits per heavy atom. The standard InChI is InChI=1S/C26H17F4N3O3/c1-14-23(20-12-16(27)8-11-21(20)32(14)13-22(34)35)24-18-4-2-3-5-19(18)25(36)33(31-24)17-9-6-15(7-10-17)26(28,29)30/h2-12H,13H2,1H3,(H,34,35). The average Bonchev–Trinajstić information content (AvgIpc) is 3.09. The third kappa shape index (κ3) is 3.80. The van der Waals surface area contributed by atoms with Gasteiger partial charge < -0.3 is 9.67 Å². The molecular formula is C26H17F4N3O3. The SMILES string of the molecule is Cc1c(-c2nn(-c3ccc(C(F)(F)F)cc3)c(=O)c3ccccc23)c2cc(F)ccc2n1CC(=O)O. The first kappa shape index (κ1) is 23.3. The van der Waals surface area contributed by atoms with Crippen LogP contribution in [-0.2, 0) is 17.5 Å². The molecule has 10 heteroatoms. The molecule has 0 amide bonds. The van der Waals surface area contributed by atoms with Gasteiger partial charge in [0.15, 0.2) is 0 Å². The zero-order chi connectivity index (χ0) is 25.8. The summed E-state index contributed by atoms with van der Waals surface area (Å²) in [5.74, 6) is -1.64. The van der Waals surface area contributed by atoms with Gasteiger partial charge in [0.25, 0.3) is 5.56 Å². The lowest BCUT2D eigenvalue weighted by atomic mass is 10.0. The molecule has 2 aromatic heterocycles. The molecule has 36 heavy (non-hydrogen) atoms. The van der Waals surface area contributed by atoms with Crippen LogP contribution in [0.25, 0.3) is 38.6 Å². The fourth-order valence-electron chi connectivity index (χ4n) is 4.43. The van der Waals surface area contributed by atoms with E-state index in [2.05, 4.69) is 5.10 Å². The number of aliphatic carboxylic acids is 1. The second kappa shape index (κ2) is 8.33. The molecule has 2 heterocycles. The zero-order valence-corrected chi connectivity index (χ0v) is 18.7. The molecule has 182 valence electrons. The molecule has 0 fully saturated rings. The Balaban J connectivity index is 1.85. The number of hydrogen-bond donors (Lipinski definition) is 1. The first-order valence-electron chi connectivity index (χ1n) is 10.8. The lowest BCUT2D eigenvalue weighted by Gasteiger charge is -2.13. The molecule has 0 saturated heterocycles. The van der Waals surface area contributed by atoms with E-state index >= 15 is 0 Å². The van der Waals surface area contributed by atoms with Crippen LogP contribution in [-0.4, -0.2) is 25.4 Å². The topological polar surface area (TPSA) is 77.1 Å². The number of carbonyl (C=O) groups is 1. The van der Waals surface area contributed by atoms with Crippen molar-refractivity contribution in [3.63, 3.8) is 0 Å². The number of hydrogen-bond acceptors (Lipinski definition) is 3. The Morgan fingerprint density at radius 1 is 0.972 bits per heavy atom. The van der Waals surface area contributed by atoms with Gasteiger partial charge in [-0.15, -0.1) is 0 Å². The maximum Gasteiger partial charge on any atom is 0.416 e. The minimum atomic E-state index is -4.54. The van der Waals surface area contributed by atoms with E-state index in [1.165, 1.54) is 22.8 Å². The number of halogens is 4. The molecular weight excluding hydrogens is 478 g/mol. The summed E-state index contributed by atoms with van der Waals surface area (Å²) in [6, 6.07) is 14.5. The molecule has 0 aliphatic carbocycles. The summed E-state index contributed by atoms with van der Waals surface area (Å²) in [5.41, 5.74) is 0.316. The van der Waals surface area contributed by atoms with Gasteiger partial charge in [-0.1, -0.05) is 18.2 Å². The van der Waals surface area contributed by atoms with Gasteiger partial charge in [-0.2, -0.15) is 23.0 Å². The van der Waals surface area contributed by atoms with Crippen molar-refractivity contribution in [2.45, 2.75) is 19.6 Å². The summed E-state index contributed by atoms with van der Waals surface area (Å²) < 4.78 is 56.0. The molecule has 0 spiro atoms. The molecule has 0 aliphatic heterocycles. The summed E-state index contributed by atoms with van der Waals surface area (Å²) in [5, 5.41) is 15.0. The highest BCUT2D eigenvalue weighted by atomic mass is 19.4. The zero-order valence-electron chi connectivity index (χ0n) is 18.7. The Kier molecular flexibility index (Phi) is 5.39. The van der Waals surface area contributed by atoms with Gasteiger partial charge in [0.1, 0.15) is 18.1 Å². The van der Waals surface area contributed by atoms with E-state index in [-0.39, 0.29) is 23.3 Å². The molecule has 5 rings (SSSR count). The van der Waals surface area contributed by atoms with E-state index in [1.54, 1.807) is 31.2 Å². The number of carboxylic acid groups (broad SMARTS) is 1. The molecule has 6 nitrogen and oxygen atoms in total. The van der Waals surface area contributed by atoms with Gasteiger partial charge in [-0.3, -0.25) is 9.59 Å². The van der Waals surface area contributed by atoms with Crippen molar-refractivity contribution in [3.8, 4) is 16.9 Å². The third-order valence-electron chi connectivity index (χ3n) is 6.06. The summed E-state index contributed by atoms with van der Waals surface area (Å²) in [6.45, 7) is 1.28. The van der Waals surface area contributed by atoms with Crippen LogP contribution in [0.1, 0.15) is 11.3 Å². The molecule has 0 saturated carbocycles. The molecule has 5 aromatic rings. The number of fused-ring (bicyclic) bond motifs is 2. The lowest BCUT2D eigenvalue weighted by molar-refractivity contribution is -0.138. The second-order valence-electron chi connectivity index (χ2n) is 8.26. The van der Waals surface area contributed by atoms with Crippen molar-refractivity contribution in [1.82, 2.24) is 14.3 Å². The van der Waals surface area contributed by atoms with Crippen molar-refractivity contribution < 1.29 is 27.5 Å². The Morgan fingerprint density at radius 2 is 1.64 bits per heavy atom. The number of alkyl halides is 3. The summed E-state index contributed by atoms with van der Waals surface area (Å²) in [4.78, 5) is 24.8. The van der Waals surface area contributed by atoms with Crippen LogP contribution < -0.4 is 5.56 Å². The second-order valence-corrected chi connectivity index (χ2v) is 8.26. The Hall–Kier alpha value is -4.47. The normalized spacial score (nSPS) is 11.9. The molecule has 0 bridgehead atoms. The van der Waals surface area contributed by atoms with Crippen molar-refractivity contribution in [1.29, 1.82) is 0 Å². The predicted octanol–water partition coefficient (Wildman–Crippen LogP) is 5.56. The maximum absolute atomic E-state index is 14.3. The van der Waals surface area contributed by atoms with Gasteiger partial charge in [0, 0.05) is 27.5 Å². The first-order chi connectivity index (χ1) is 17.1. The van der Waals surface area contributed by atoms with E-state index in [9.17, 15) is 32.3 Å². The number of rotatable bonds is 4. The summed E-state index contributed by atoms with van der Waals surface area (Å²) in [7, 11) is 0. The Bertz CT molecular complexity index is 1720. The molecule has 0 atom stereocenters. The van der Waals surface area contributed by atoms with Crippen LogP contribution in [0.3, 0.4) is 0 Å². The molecule has 0 unspecified atom stereocenters. The van der Waals surface area contributed by atoms with Gasteiger partial charge >= 0.3 is 12.1 Å². The monoisotopic (exact) mass is 495 g/mol. The van der Waals surface area contributed by atoms with Crippen LogP contribution in [0.15, 0.2) is 71.5 Å². The maximum atomic E-state index is 14.3. The smallest absolute Gasteiger partial charge is 0.416 e. The minimum Gasteiger partial charge on any atom is -0.480 e. The van der Waals surface area contributed by atoms with Gasteiger partial charge in [-0.05, 0) is 55.5 Å². The highest BCUT2D eigenvalue weighted by Crippen LogP contribution is 2.37. The largest absolute Gasteiger partial charge is 0.480 e. The number of benzene rings is 3. The van der Waals surface area contributed by atoms with Gasteiger partial charge in [0.2, 0.25) is 0 Å². The highest BCUT2D eigenvalue weighted by molar-refractivity contribution is 6.05. The number of carboxylic acids is 1. The third-order valence-corrected chi connectivity index (χ3v) is 6.06. The van der Waals surface area contributed by atoms with Crippen LogP contribution in [0.4, 0.5) is 17.6 Å². The molecule has 0 aliphatic rings. The number of aromatic nitrogens is 3. The predicted molar refractivity (Wildman–Crippen MR) is 126 cm³/mol. The first-order valence-corrected chi connectivity index (χ1v) is 10.8. The average molecular weight is 495 g/mol. The molecule has 3 aromatic carbocycles. The summed E-state index contributed by atoms with van der Waals surface area (Å²) >= 11 is 0. The quantitative estimate of drug-likeness (QED) is 0.331.